The molecule has 0 aliphatic rings. The number of aliphatic carboxylic acids is 1. The first-order valence-corrected chi connectivity index (χ1v) is 15.3. The summed E-state index contributed by atoms with van der Waals surface area (Å²) in [6, 6.07) is 6.17. The van der Waals surface area contributed by atoms with Crippen LogP contribution in [-0.2, 0) is 39.8 Å². The summed E-state index contributed by atoms with van der Waals surface area (Å²) in [6.07, 6.45) is -2.84. The van der Waals surface area contributed by atoms with Crippen molar-refractivity contribution in [2.45, 2.75) is 111 Å². The molecule has 48 heavy (non-hydrogen) atoms. The summed E-state index contributed by atoms with van der Waals surface area (Å²) in [5.74, 6) is -4.09. The third-order valence-electron chi connectivity index (χ3n) is 5.56. The summed E-state index contributed by atoms with van der Waals surface area (Å²) in [5.41, 5.74) is -1.83. The van der Waals surface area contributed by atoms with Crippen molar-refractivity contribution in [2.75, 3.05) is 13.1 Å². The molecule has 0 radical (unpaired) electrons. The number of hydrogen-bond acceptors (Lipinski definition) is 10. The van der Waals surface area contributed by atoms with Crippen LogP contribution in [-0.4, -0.2) is 95.0 Å². The van der Waals surface area contributed by atoms with E-state index in [1.807, 2.05) is 0 Å². The summed E-state index contributed by atoms with van der Waals surface area (Å²) >= 11 is 0. The number of ether oxygens (including phenoxy) is 3. The summed E-state index contributed by atoms with van der Waals surface area (Å²) in [4.78, 5) is 79.6. The van der Waals surface area contributed by atoms with E-state index in [1.54, 1.807) is 99.6 Å². The summed E-state index contributed by atoms with van der Waals surface area (Å²) < 4.78 is 16.4. The number of hydrogen-bond donors (Lipinski definition) is 6. The Morgan fingerprint density at radius 1 is 0.771 bits per heavy atom. The van der Waals surface area contributed by atoms with Gasteiger partial charge in [0.25, 0.3) is 0 Å². The molecule has 0 aromatic heterocycles. The van der Waals surface area contributed by atoms with Crippen molar-refractivity contribution in [3.05, 3.63) is 35.9 Å². The van der Waals surface area contributed by atoms with E-state index in [4.69, 9.17) is 19.3 Å². The maximum atomic E-state index is 13.7. The molecule has 0 unspecified atom stereocenters. The highest BCUT2D eigenvalue weighted by atomic mass is 16.6. The topological polar surface area (TPSA) is 223 Å². The number of carbonyl (C=O) groups is 6. The van der Waals surface area contributed by atoms with E-state index >= 15 is 0 Å². The fraction of sp³-hybridized carbons (Fsp3) is 0.594. The quantitative estimate of drug-likeness (QED) is 0.139. The van der Waals surface area contributed by atoms with Gasteiger partial charge < -0.3 is 35.3 Å². The Morgan fingerprint density at radius 2 is 1.29 bits per heavy atom. The number of guanidine groups is 1. The lowest BCUT2D eigenvalue weighted by Crippen LogP contribution is -2.59. The molecule has 0 fully saturated rings. The van der Waals surface area contributed by atoms with Crippen LogP contribution in [0.4, 0.5) is 9.59 Å². The zero-order valence-corrected chi connectivity index (χ0v) is 29.3. The maximum Gasteiger partial charge on any atom is 0.414 e. The number of nitrogens with one attached hydrogen (secondary N) is 5. The van der Waals surface area contributed by atoms with Crippen LogP contribution in [0.1, 0.15) is 74.8 Å². The first-order chi connectivity index (χ1) is 21.9. The molecule has 1 rings (SSSR count). The van der Waals surface area contributed by atoms with Crippen LogP contribution in [0.3, 0.4) is 0 Å². The van der Waals surface area contributed by atoms with E-state index in [9.17, 15) is 28.8 Å². The second-order valence-electron chi connectivity index (χ2n) is 13.8. The standard InChI is InChI=1S/C32H50N6O10/c1-19(46-30(2,3)4)24(26(43)35-21(25(42)33-18-23(40)41)16-20-14-12-11-13-15-20)36-22(39)17-34-27(37-28(44)47-31(5,6)7)38-29(45)48-32(8,9)10/h11-15,19,21,24H,16-18H2,1-10H3,(H,33,42)(H,35,43)(H,36,39)(H,40,41)(H2,34,37,38,44,45)/t19-,21+,24+/m1/s1. The molecule has 1 aromatic carbocycles. The molecule has 1 aromatic rings. The van der Waals surface area contributed by atoms with Gasteiger partial charge >= 0.3 is 18.2 Å². The molecule has 0 bridgehead atoms. The highest BCUT2D eigenvalue weighted by molar-refractivity contribution is 6.02. The smallest absolute Gasteiger partial charge is 0.414 e. The lowest BCUT2D eigenvalue weighted by molar-refractivity contribution is -0.140. The zero-order chi connectivity index (χ0) is 36.9. The van der Waals surface area contributed by atoms with Crippen molar-refractivity contribution >= 4 is 41.8 Å². The predicted molar refractivity (Wildman–Crippen MR) is 176 cm³/mol. The van der Waals surface area contributed by atoms with Crippen molar-refractivity contribution in [1.29, 1.82) is 0 Å². The molecule has 0 saturated carbocycles. The van der Waals surface area contributed by atoms with Crippen molar-refractivity contribution in [3.8, 4) is 0 Å². The Kier molecular flexibility index (Phi) is 15.5. The summed E-state index contributed by atoms with van der Waals surface area (Å²) in [7, 11) is 0. The van der Waals surface area contributed by atoms with Gasteiger partial charge in [-0.05, 0) is 74.8 Å². The summed E-state index contributed by atoms with van der Waals surface area (Å²) in [5, 5.41) is 21.0. The minimum Gasteiger partial charge on any atom is -0.480 e. The minimum atomic E-state index is -1.36. The molecular formula is C32H50N6O10. The van der Waals surface area contributed by atoms with Crippen molar-refractivity contribution in [3.63, 3.8) is 0 Å². The number of amides is 5. The third-order valence-corrected chi connectivity index (χ3v) is 5.56. The van der Waals surface area contributed by atoms with Gasteiger partial charge in [-0.15, -0.1) is 0 Å². The molecule has 0 heterocycles. The predicted octanol–water partition coefficient (Wildman–Crippen LogP) is 2.01. The van der Waals surface area contributed by atoms with E-state index in [0.717, 1.165) is 0 Å². The van der Waals surface area contributed by atoms with Crippen molar-refractivity contribution in [1.82, 2.24) is 26.6 Å². The minimum absolute atomic E-state index is 0.0214. The average Bonchev–Trinajstić information content (AvgIpc) is 2.90. The van der Waals surface area contributed by atoms with Gasteiger partial charge in [-0.25, -0.2) is 14.6 Å². The van der Waals surface area contributed by atoms with Gasteiger partial charge in [-0.1, -0.05) is 30.3 Å². The van der Waals surface area contributed by atoms with Gasteiger partial charge in [0.2, 0.25) is 23.7 Å². The van der Waals surface area contributed by atoms with E-state index in [-0.39, 0.29) is 6.42 Å². The van der Waals surface area contributed by atoms with Crippen LogP contribution in [0.2, 0.25) is 0 Å². The van der Waals surface area contributed by atoms with Gasteiger partial charge in [0, 0.05) is 6.42 Å². The first kappa shape index (κ1) is 41.3. The lowest BCUT2D eigenvalue weighted by atomic mass is 10.0. The first-order valence-electron chi connectivity index (χ1n) is 15.3. The van der Waals surface area contributed by atoms with Crippen LogP contribution in [0.5, 0.6) is 0 Å². The zero-order valence-electron chi connectivity index (χ0n) is 29.3. The van der Waals surface area contributed by atoms with E-state index in [2.05, 4.69) is 31.6 Å². The van der Waals surface area contributed by atoms with Crippen LogP contribution in [0.15, 0.2) is 35.3 Å². The number of carboxylic acids is 1. The van der Waals surface area contributed by atoms with E-state index in [0.29, 0.717) is 5.56 Å². The highest BCUT2D eigenvalue weighted by Crippen LogP contribution is 2.14. The van der Waals surface area contributed by atoms with E-state index < -0.39 is 89.9 Å². The molecule has 3 atom stereocenters. The maximum absolute atomic E-state index is 13.7. The molecule has 268 valence electrons. The molecule has 16 heteroatoms. The third kappa shape index (κ3) is 18.4. The highest BCUT2D eigenvalue weighted by Gasteiger charge is 2.33. The SMILES string of the molecule is C[C@@H](OC(C)(C)C)[C@H](NC(=O)CN=C(NC(=O)OC(C)(C)C)NC(=O)OC(C)(C)C)C(=O)N[C@@H](Cc1ccccc1)C(=O)NCC(=O)O. The Balaban J connectivity index is 3.29. The van der Waals surface area contributed by atoms with Gasteiger partial charge in [0.05, 0.1) is 11.7 Å². The number of alkyl carbamates (subject to hydrolysis) is 2. The van der Waals surface area contributed by atoms with Crippen LogP contribution < -0.4 is 26.6 Å². The van der Waals surface area contributed by atoms with Crippen molar-refractivity contribution in [2.24, 2.45) is 4.99 Å². The second-order valence-corrected chi connectivity index (χ2v) is 13.8. The van der Waals surface area contributed by atoms with Gasteiger partial charge in [0.15, 0.2) is 0 Å². The number of carboxylic acid groups (broad SMARTS) is 1. The number of carbonyl (C=O) groups excluding carboxylic acids is 5. The van der Waals surface area contributed by atoms with E-state index in [1.165, 1.54) is 0 Å². The molecular weight excluding hydrogens is 628 g/mol. The fourth-order valence-electron chi connectivity index (χ4n) is 3.91. The molecule has 0 aliphatic carbocycles. The normalized spacial score (nSPS) is 13.5. The molecule has 16 nitrogen and oxygen atoms in total. The number of rotatable bonds is 12. The fourth-order valence-corrected chi connectivity index (χ4v) is 3.91. The monoisotopic (exact) mass is 678 g/mol. The van der Waals surface area contributed by atoms with Crippen LogP contribution in [0.25, 0.3) is 0 Å². The number of aliphatic imine (C=N–C) groups is 1. The largest absolute Gasteiger partial charge is 0.480 e. The van der Waals surface area contributed by atoms with Gasteiger partial charge in [0.1, 0.15) is 36.4 Å². The van der Waals surface area contributed by atoms with Gasteiger partial charge in [-0.3, -0.25) is 29.8 Å². The molecule has 0 saturated heterocycles. The number of nitrogens with zero attached hydrogens (tertiary/aromatic N) is 1. The second kappa shape index (κ2) is 18.0. The van der Waals surface area contributed by atoms with Crippen LogP contribution in [0, 0.1) is 0 Å². The van der Waals surface area contributed by atoms with Crippen LogP contribution >= 0.6 is 0 Å². The Bertz CT molecular complexity index is 1280. The summed E-state index contributed by atoms with van der Waals surface area (Å²) in [6.45, 7) is 15.2. The Labute approximate surface area is 281 Å². The Hall–Kier alpha value is -4.73. The average molecular weight is 679 g/mol. The number of benzene rings is 1. The van der Waals surface area contributed by atoms with Gasteiger partial charge in [-0.2, -0.15) is 0 Å². The van der Waals surface area contributed by atoms with Crippen molar-refractivity contribution < 1.29 is 48.1 Å². The lowest BCUT2D eigenvalue weighted by Gasteiger charge is -2.31. The molecule has 0 spiro atoms. The Morgan fingerprint density at radius 3 is 1.75 bits per heavy atom. The molecule has 5 amide bonds. The molecule has 0 aliphatic heterocycles. The molecule has 6 N–H and O–H groups in total.